The number of furan rings is 1. The molecule has 1 atom stereocenters. The molecule has 0 aliphatic heterocycles. The van der Waals surface area contributed by atoms with Crippen LogP contribution in [0.15, 0.2) is 39.6 Å². The average Bonchev–Trinajstić information content (AvgIpc) is 2.85. The van der Waals surface area contributed by atoms with Crippen LogP contribution >= 0.6 is 11.8 Å². The molecule has 0 aliphatic rings. The molecule has 0 unspecified atom stereocenters. The van der Waals surface area contributed by atoms with Gasteiger partial charge in [-0.15, -0.1) is 11.8 Å². The van der Waals surface area contributed by atoms with Crippen molar-refractivity contribution in [2.24, 2.45) is 0 Å². The smallest absolute Gasteiger partial charge is 0.273 e. The molecule has 0 saturated carbocycles. The molecule has 2 rings (SSSR count). The molecule has 2 amide bonds. The second-order valence-corrected chi connectivity index (χ2v) is 6.76. The van der Waals surface area contributed by atoms with E-state index in [1.807, 2.05) is 31.2 Å². The van der Waals surface area contributed by atoms with Crippen LogP contribution in [-0.4, -0.2) is 17.1 Å². The van der Waals surface area contributed by atoms with Gasteiger partial charge in [0.2, 0.25) is 0 Å². The van der Waals surface area contributed by atoms with E-state index in [4.69, 9.17) is 4.42 Å². The van der Waals surface area contributed by atoms with E-state index in [1.54, 1.807) is 26.8 Å². The summed E-state index contributed by atoms with van der Waals surface area (Å²) in [5.41, 5.74) is 6.45. The van der Waals surface area contributed by atoms with Gasteiger partial charge in [-0.1, -0.05) is 17.7 Å². The van der Waals surface area contributed by atoms with Gasteiger partial charge in [-0.3, -0.25) is 20.4 Å². The number of thioether (sulfide) groups is 1. The number of hydrogen-bond donors (Lipinski definition) is 2. The van der Waals surface area contributed by atoms with Gasteiger partial charge in [0.25, 0.3) is 11.8 Å². The third-order valence-corrected chi connectivity index (χ3v) is 4.40. The third-order valence-electron chi connectivity index (χ3n) is 3.29. The maximum absolute atomic E-state index is 12.1. The fourth-order valence-electron chi connectivity index (χ4n) is 2.02. The maximum Gasteiger partial charge on any atom is 0.273 e. The molecular weight excluding hydrogens is 312 g/mol. The first-order valence-electron chi connectivity index (χ1n) is 7.27. The van der Waals surface area contributed by atoms with Crippen LogP contribution in [0.2, 0.25) is 0 Å². The van der Waals surface area contributed by atoms with E-state index in [9.17, 15) is 9.59 Å². The first kappa shape index (κ1) is 17.1. The molecule has 0 saturated heterocycles. The van der Waals surface area contributed by atoms with Gasteiger partial charge in [-0.2, -0.15) is 0 Å². The molecule has 6 heteroatoms. The van der Waals surface area contributed by atoms with Crippen molar-refractivity contribution in [3.05, 3.63) is 53.0 Å². The van der Waals surface area contributed by atoms with Crippen molar-refractivity contribution in [1.82, 2.24) is 10.9 Å². The summed E-state index contributed by atoms with van der Waals surface area (Å²) >= 11 is 1.43. The van der Waals surface area contributed by atoms with E-state index in [0.29, 0.717) is 17.1 Å². The van der Waals surface area contributed by atoms with Crippen LogP contribution in [0.25, 0.3) is 0 Å². The van der Waals surface area contributed by atoms with E-state index in [-0.39, 0.29) is 17.1 Å². The molecule has 1 aromatic heterocycles. The molecule has 2 aromatic rings. The standard InChI is InChI=1S/C17H20N2O3S/c1-10-5-7-14(8-6-10)23-13(4)16(20)18-19-17(21)15-9-11(2)22-12(15)3/h5-9,13H,1-4H3,(H,18,20)(H,19,21)/t13-/m0/s1. The average molecular weight is 332 g/mol. The predicted molar refractivity (Wildman–Crippen MR) is 90.3 cm³/mol. The highest BCUT2D eigenvalue weighted by Crippen LogP contribution is 2.23. The SMILES string of the molecule is Cc1ccc(S[C@@H](C)C(=O)NNC(=O)c2cc(C)oc2C)cc1. The minimum Gasteiger partial charge on any atom is -0.466 e. The monoisotopic (exact) mass is 332 g/mol. The van der Waals surface area contributed by atoms with Crippen LogP contribution < -0.4 is 10.9 Å². The number of hydrazine groups is 1. The quantitative estimate of drug-likeness (QED) is 0.666. The van der Waals surface area contributed by atoms with Crippen LogP contribution in [0.3, 0.4) is 0 Å². The highest BCUT2D eigenvalue weighted by molar-refractivity contribution is 8.00. The first-order chi connectivity index (χ1) is 10.9. The molecule has 23 heavy (non-hydrogen) atoms. The molecule has 2 N–H and O–H groups in total. The summed E-state index contributed by atoms with van der Waals surface area (Å²) in [7, 11) is 0. The van der Waals surface area contributed by atoms with Gasteiger partial charge in [0.1, 0.15) is 11.5 Å². The molecule has 1 heterocycles. The van der Waals surface area contributed by atoms with Gasteiger partial charge in [-0.25, -0.2) is 0 Å². The number of carbonyl (C=O) groups excluding carboxylic acids is 2. The second kappa shape index (κ2) is 7.37. The summed E-state index contributed by atoms with van der Waals surface area (Å²) in [6.07, 6.45) is 0. The predicted octanol–water partition coefficient (Wildman–Crippen LogP) is 3.15. The fraction of sp³-hybridized carbons (Fsp3) is 0.294. The Morgan fingerprint density at radius 3 is 2.30 bits per heavy atom. The summed E-state index contributed by atoms with van der Waals surface area (Å²) in [6, 6.07) is 9.58. The summed E-state index contributed by atoms with van der Waals surface area (Å²) in [6.45, 7) is 7.28. The lowest BCUT2D eigenvalue weighted by Gasteiger charge is -2.12. The summed E-state index contributed by atoms with van der Waals surface area (Å²) in [4.78, 5) is 25.1. The Morgan fingerprint density at radius 2 is 1.74 bits per heavy atom. The molecule has 5 nitrogen and oxygen atoms in total. The summed E-state index contributed by atoms with van der Waals surface area (Å²) in [5, 5.41) is -0.329. The fourth-order valence-corrected chi connectivity index (χ4v) is 2.89. The Labute approximate surface area is 139 Å². The topological polar surface area (TPSA) is 71.3 Å². The number of rotatable bonds is 4. The summed E-state index contributed by atoms with van der Waals surface area (Å²) in [5.74, 6) is 0.528. The van der Waals surface area contributed by atoms with E-state index in [1.165, 1.54) is 17.3 Å². The van der Waals surface area contributed by atoms with Crippen LogP contribution in [0.5, 0.6) is 0 Å². The maximum atomic E-state index is 12.1. The number of hydrogen-bond acceptors (Lipinski definition) is 4. The molecule has 1 aromatic carbocycles. The van der Waals surface area contributed by atoms with Crippen molar-refractivity contribution >= 4 is 23.6 Å². The van der Waals surface area contributed by atoms with Crippen molar-refractivity contribution in [3.63, 3.8) is 0 Å². The Kier molecular flexibility index (Phi) is 5.50. The number of carbonyl (C=O) groups is 2. The molecule has 0 bridgehead atoms. The molecule has 0 radical (unpaired) electrons. The molecule has 122 valence electrons. The molecule has 0 fully saturated rings. The Morgan fingerprint density at radius 1 is 1.09 bits per heavy atom. The van der Waals surface area contributed by atoms with Gasteiger partial charge < -0.3 is 4.42 Å². The zero-order valence-electron chi connectivity index (χ0n) is 13.6. The highest BCUT2D eigenvalue weighted by Gasteiger charge is 2.17. The molecule has 0 spiro atoms. The Hall–Kier alpha value is -2.21. The zero-order valence-corrected chi connectivity index (χ0v) is 14.4. The minimum atomic E-state index is -0.389. The van der Waals surface area contributed by atoms with Gasteiger partial charge in [0.05, 0.1) is 10.8 Å². The Bertz CT molecular complexity index is 707. The molecular formula is C17H20N2O3S. The van der Waals surface area contributed by atoms with Crippen molar-refractivity contribution in [3.8, 4) is 0 Å². The van der Waals surface area contributed by atoms with E-state index in [2.05, 4.69) is 10.9 Å². The molecule has 0 aliphatic carbocycles. The lowest BCUT2D eigenvalue weighted by molar-refractivity contribution is -0.121. The summed E-state index contributed by atoms with van der Waals surface area (Å²) < 4.78 is 5.30. The zero-order chi connectivity index (χ0) is 17.0. The van der Waals surface area contributed by atoms with E-state index >= 15 is 0 Å². The van der Waals surface area contributed by atoms with Crippen LogP contribution in [0.4, 0.5) is 0 Å². The lowest BCUT2D eigenvalue weighted by Crippen LogP contribution is -2.45. The van der Waals surface area contributed by atoms with Gasteiger partial charge in [0.15, 0.2) is 0 Å². The lowest BCUT2D eigenvalue weighted by atomic mass is 10.2. The van der Waals surface area contributed by atoms with E-state index in [0.717, 1.165) is 4.90 Å². The second-order valence-electron chi connectivity index (χ2n) is 5.34. The van der Waals surface area contributed by atoms with Gasteiger partial charge in [-0.05, 0) is 45.9 Å². The highest BCUT2D eigenvalue weighted by atomic mass is 32.2. The van der Waals surface area contributed by atoms with Crippen molar-refractivity contribution in [1.29, 1.82) is 0 Å². The number of amides is 2. The Balaban J connectivity index is 1.87. The van der Waals surface area contributed by atoms with Crippen molar-refractivity contribution < 1.29 is 14.0 Å². The number of aryl methyl sites for hydroxylation is 3. The number of benzene rings is 1. The largest absolute Gasteiger partial charge is 0.466 e. The van der Waals surface area contributed by atoms with Crippen LogP contribution in [0.1, 0.15) is 34.4 Å². The van der Waals surface area contributed by atoms with E-state index < -0.39 is 0 Å². The van der Waals surface area contributed by atoms with Crippen LogP contribution in [-0.2, 0) is 4.79 Å². The van der Waals surface area contributed by atoms with Gasteiger partial charge in [0, 0.05) is 4.90 Å². The van der Waals surface area contributed by atoms with Crippen LogP contribution in [0, 0.1) is 20.8 Å². The minimum absolute atomic E-state index is 0.262. The van der Waals surface area contributed by atoms with Crippen molar-refractivity contribution in [2.45, 2.75) is 37.8 Å². The number of nitrogens with one attached hydrogen (secondary N) is 2. The van der Waals surface area contributed by atoms with Gasteiger partial charge >= 0.3 is 0 Å². The van der Waals surface area contributed by atoms with Crippen molar-refractivity contribution in [2.75, 3.05) is 0 Å². The third kappa shape index (κ3) is 4.63. The first-order valence-corrected chi connectivity index (χ1v) is 8.15. The normalized spacial score (nSPS) is 11.8.